The van der Waals surface area contributed by atoms with E-state index in [1.54, 1.807) is 5.32 Å². The number of imide groups is 2. The number of benzene rings is 1. The van der Waals surface area contributed by atoms with E-state index in [1.165, 1.54) is 18.2 Å². The zero-order valence-corrected chi connectivity index (χ0v) is 10.6. The first-order valence-electron chi connectivity index (χ1n) is 6.10. The maximum Gasteiger partial charge on any atom is 0.285 e. The molecule has 0 saturated carbocycles. The molecule has 0 radical (unpaired) electrons. The fourth-order valence-corrected chi connectivity index (χ4v) is 2.48. The number of phenolic OH excluding ortho intramolecular Hbond substituents is 1. The molecule has 1 fully saturated rings. The van der Waals surface area contributed by atoms with Crippen LogP contribution < -0.4 is 5.32 Å². The second-order valence-electron chi connectivity index (χ2n) is 4.78. The fourth-order valence-electron chi connectivity index (χ4n) is 2.48. The van der Waals surface area contributed by atoms with Crippen molar-refractivity contribution in [2.24, 2.45) is 0 Å². The van der Waals surface area contributed by atoms with Crippen LogP contribution in [0.15, 0.2) is 18.2 Å². The lowest BCUT2D eigenvalue weighted by atomic mass is 10.0. The first-order chi connectivity index (χ1) is 9.86. The molecule has 8 heteroatoms. The monoisotopic (exact) mass is 292 g/mol. The second-order valence-corrected chi connectivity index (χ2v) is 4.78. The third kappa shape index (κ3) is 1.65. The Balaban J connectivity index is 2.08. The number of amides is 4. The minimum atomic E-state index is -2.94. The average molecular weight is 292 g/mol. The van der Waals surface area contributed by atoms with Gasteiger partial charge in [0.15, 0.2) is 0 Å². The summed E-state index contributed by atoms with van der Waals surface area (Å²) in [6, 6.07) is 3.77. The van der Waals surface area contributed by atoms with Crippen molar-refractivity contribution in [3.05, 3.63) is 29.3 Å². The van der Waals surface area contributed by atoms with Gasteiger partial charge in [0.25, 0.3) is 23.5 Å². The van der Waals surface area contributed by atoms with Crippen molar-refractivity contribution in [2.75, 3.05) is 0 Å². The molecular weight excluding hydrogens is 283 g/mol. The third-order valence-electron chi connectivity index (χ3n) is 3.53. The number of piperidine rings is 1. The van der Waals surface area contributed by atoms with Gasteiger partial charge in [-0.2, -0.15) is 0 Å². The van der Waals surface area contributed by atoms with Gasteiger partial charge >= 0.3 is 0 Å². The number of rotatable bonds is 1. The normalized spacial score (nSPS) is 25.1. The summed E-state index contributed by atoms with van der Waals surface area (Å²) >= 11 is 0. The maximum absolute atomic E-state index is 14.9. The number of aromatic hydroxyl groups is 1. The van der Waals surface area contributed by atoms with E-state index in [0.29, 0.717) is 0 Å². The minimum Gasteiger partial charge on any atom is -0.507 e. The molecule has 2 N–H and O–H groups in total. The van der Waals surface area contributed by atoms with Crippen LogP contribution in [-0.4, -0.2) is 39.4 Å². The number of hydrogen-bond donors (Lipinski definition) is 2. The third-order valence-corrected chi connectivity index (χ3v) is 3.53. The van der Waals surface area contributed by atoms with E-state index in [-0.39, 0.29) is 22.4 Å². The number of nitrogens with zero attached hydrogens (tertiary/aromatic N) is 1. The molecule has 3 rings (SSSR count). The lowest BCUT2D eigenvalue weighted by molar-refractivity contribution is -0.151. The molecule has 2 aliphatic heterocycles. The Hall–Kier alpha value is -2.77. The van der Waals surface area contributed by atoms with Crippen molar-refractivity contribution in [1.82, 2.24) is 10.2 Å². The van der Waals surface area contributed by atoms with Gasteiger partial charge in [0.05, 0.1) is 11.1 Å². The highest BCUT2D eigenvalue weighted by Crippen LogP contribution is 2.38. The van der Waals surface area contributed by atoms with Gasteiger partial charge in [0, 0.05) is 12.8 Å². The Morgan fingerprint density at radius 2 is 1.90 bits per heavy atom. The number of halogens is 1. The number of fused-ring (bicyclic) bond motifs is 1. The quantitative estimate of drug-likeness (QED) is 0.564. The van der Waals surface area contributed by atoms with Gasteiger partial charge in [-0.1, -0.05) is 6.07 Å². The molecule has 0 aliphatic carbocycles. The Morgan fingerprint density at radius 3 is 2.52 bits per heavy atom. The van der Waals surface area contributed by atoms with E-state index in [0.717, 1.165) is 0 Å². The van der Waals surface area contributed by atoms with Gasteiger partial charge in [-0.05, 0) is 12.1 Å². The van der Waals surface area contributed by atoms with Crippen molar-refractivity contribution in [1.29, 1.82) is 0 Å². The molecule has 108 valence electrons. The van der Waals surface area contributed by atoms with Gasteiger partial charge in [0.2, 0.25) is 5.91 Å². The van der Waals surface area contributed by atoms with Crippen molar-refractivity contribution in [3.8, 4) is 5.75 Å². The Bertz CT molecular complexity index is 717. The summed E-state index contributed by atoms with van der Waals surface area (Å²) in [6.45, 7) is 0. The lowest BCUT2D eigenvalue weighted by Gasteiger charge is -2.33. The van der Waals surface area contributed by atoms with E-state index < -0.39 is 41.6 Å². The summed E-state index contributed by atoms with van der Waals surface area (Å²) < 4.78 is 14.9. The first-order valence-corrected chi connectivity index (χ1v) is 6.10. The molecule has 1 aromatic carbocycles. The minimum absolute atomic E-state index is 0.166. The van der Waals surface area contributed by atoms with Gasteiger partial charge < -0.3 is 5.11 Å². The zero-order chi connectivity index (χ0) is 15.4. The summed E-state index contributed by atoms with van der Waals surface area (Å²) in [5.74, 6) is -7.55. The number of alkyl halides is 1. The molecular formula is C13H9FN2O5. The van der Waals surface area contributed by atoms with Gasteiger partial charge in [-0.15, -0.1) is 0 Å². The highest BCUT2D eigenvalue weighted by Gasteiger charge is 2.57. The molecule has 0 spiro atoms. The van der Waals surface area contributed by atoms with Crippen LogP contribution in [0.5, 0.6) is 5.75 Å². The summed E-state index contributed by atoms with van der Waals surface area (Å²) in [4.78, 5) is 47.4. The van der Waals surface area contributed by atoms with Gasteiger partial charge in [-0.3, -0.25) is 24.5 Å². The van der Waals surface area contributed by atoms with E-state index in [4.69, 9.17) is 0 Å². The SMILES string of the molecule is O=C1CCC(F)(N2C(=O)c3cccc(O)c3C2=O)C(=O)N1. The summed E-state index contributed by atoms with van der Waals surface area (Å²) in [6.07, 6.45) is -0.939. The highest BCUT2D eigenvalue weighted by atomic mass is 19.1. The molecule has 0 aromatic heterocycles. The maximum atomic E-state index is 14.9. The summed E-state index contributed by atoms with van der Waals surface area (Å²) in [5, 5.41) is 11.4. The topological polar surface area (TPSA) is 104 Å². The van der Waals surface area contributed by atoms with Crippen LogP contribution in [0.25, 0.3) is 0 Å². The van der Waals surface area contributed by atoms with Crippen molar-refractivity contribution >= 4 is 23.6 Å². The molecule has 4 amide bonds. The smallest absolute Gasteiger partial charge is 0.285 e. The number of carbonyl (C=O) groups is 4. The average Bonchev–Trinajstić information content (AvgIpc) is 2.68. The predicted molar refractivity (Wildman–Crippen MR) is 64.8 cm³/mol. The van der Waals surface area contributed by atoms with E-state index >= 15 is 0 Å². The van der Waals surface area contributed by atoms with Crippen LogP contribution in [0.4, 0.5) is 4.39 Å². The Labute approximate surface area is 117 Å². The van der Waals surface area contributed by atoms with E-state index in [9.17, 15) is 28.7 Å². The number of hydrogen-bond acceptors (Lipinski definition) is 5. The van der Waals surface area contributed by atoms with Gasteiger partial charge in [-0.25, -0.2) is 9.29 Å². The van der Waals surface area contributed by atoms with Crippen molar-refractivity contribution in [2.45, 2.75) is 18.6 Å². The van der Waals surface area contributed by atoms with Crippen molar-refractivity contribution < 1.29 is 28.7 Å². The molecule has 1 unspecified atom stereocenters. The fraction of sp³-hybridized carbons (Fsp3) is 0.231. The number of carbonyl (C=O) groups excluding carboxylic acids is 4. The highest BCUT2D eigenvalue weighted by molar-refractivity contribution is 6.25. The number of nitrogens with one attached hydrogen (secondary N) is 1. The first kappa shape index (κ1) is 13.2. The van der Waals surface area contributed by atoms with Crippen LogP contribution in [0.3, 0.4) is 0 Å². The summed E-state index contributed by atoms with van der Waals surface area (Å²) in [7, 11) is 0. The molecule has 2 heterocycles. The Morgan fingerprint density at radius 1 is 1.19 bits per heavy atom. The van der Waals surface area contributed by atoms with Crippen molar-refractivity contribution in [3.63, 3.8) is 0 Å². The number of phenols is 1. The molecule has 7 nitrogen and oxygen atoms in total. The molecule has 21 heavy (non-hydrogen) atoms. The summed E-state index contributed by atoms with van der Waals surface area (Å²) in [5.41, 5.74) is -0.522. The zero-order valence-electron chi connectivity index (χ0n) is 10.6. The predicted octanol–water partition coefficient (Wildman–Crippen LogP) is 0.0906. The largest absolute Gasteiger partial charge is 0.507 e. The molecule has 1 atom stereocenters. The molecule has 1 saturated heterocycles. The molecule has 0 bridgehead atoms. The van der Waals surface area contributed by atoms with Crippen LogP contribution in [-0.2, 0) is 9.59 Å². The van der Waals surface area contributed by atoms with Crippen LogP contribution in [0.2, 0.25) is 0 Å². The Kier molecular flexibility index (Phi) is 2.59. The van der Waals surface area contributed by atoms with E-state index in [1.807, 2.05) is 0 Å². The van der Waals surface area contributed by atoms with Crippen LogP contribution in [0.1, 0.15) is 33.6 Å². The van der Waals surface area contributed by atoms with E-state index in [2.05, 4.69) is 0 Å². The van der Waals surface area contributed by atoms with Crippen LogP contribution >= 0.6 is 0 Å². The molecule has 2 aliphatic rings. The standard InChI is InChI=1S/C13H9FN2O5/c14-13(5-4-8(18)15-12(13)21)16-10(19)6-2-1-3-7(17)9(6)11(16)20/h1-3,17H,4-5H2,(H,15,18,21). The molecule has 1 aromatic rings. The van der Waals surface area contributed by atoms with Gasteiger partial charge in [0.1, 0.15) is 5.75 Å². The lowest BCUT2D eigenvalue weighted by Crippen LogP contribution is -2.61. The second kappa shape index (κ2) is 4.11. The van der Waals surface area contributed by atoms with Crippen LogP contribution in [0, 0.1) is 0 Å².